The summed E-state index contributed by atoms with van der Waals surface area (Å²) in [6, 6.07) is 8.15. The minimum absolute atomic E-state index is 0.0286. The molecule has 0 saturated carbocycles. The zero-order valence-corrected chi connectivity index (χ0v) is 15.4. The predicted molar refractivity (Wildman–Crippen MR) is 102 cm³/mol. The number of benzene rings is 2. The van der Waals surface area contributed by atoms with Crippen LogP contribution in [0.1, 0.15) is 5.56 Å². The molecule has 0 atom stereocenters. The van der Waals surface area contributed by atoms with Gasteiger partial charge < -0.3 is 10.5 Å². The standard InChI is InChI=1S/C19H13ClFN3O5/c20-14-7-10(4-5-15(14)29-9-16(22)25)6-13-17(26)23-19(28)24(18(13)27)12-3-1-2-11(21)8-12/h1-8H,9H2,(H2,22,25)(H,23,26,28). The van der Waals surface area contributed by atoms with Gasteiger partial charge in [0, 0.05) is 0 Å². The third kappa shape index (κ3) is 4.41. The number of amides is 5. The van der Waals surface area contributed by atoms with E-state index >= 15 is 0 Å². The van der Waals surface area contributed by atoms with E-state index in [0.717, 1.165) is 12.1 Å². The lowest BCUT2D eigenvalue weighted by molar-refractivity contribution is -0.123. The van der Waals surface area contributed by atoms with Crippen molar-refractivity contribution in [1.82, 2.24) is 5.32 Å². The van der Waals surface area contributed by atoms with Crippen molar-refractivity contribution in [2.24, 2.45) is 5.73 Å². The molecule has 1 saturated heterocycles. The van der Waals surface area contributed by atoms with Gasteiger partial charge in [-0.05, 0) is 42.0 Å². The minimum atomic E-state index is -0.990. The van der Waals surface area contributed by atoms with Gasteiger partial charge in [-0.2, -0.15) is 0 Å². The molecule has 3 rings (SSSR count). The summed E-state index contributed by atoms with van der Waals surface area (Å²) in [5.41, 5.74) is 4.98. The van der Waals surface area contributed by atoms with Crippen LogP contribution in [-0.2, 0) is 14.4 Å². The molecule has 0 aliphatic carbocycles. The SMILES string of the molecule is NC(=O)COc1ccc(C=C2C(=O)NC(=O)N(c3cccc(F)c3)C2=O)cc1Cl. The summed E-state index contributed by atoms with van der Waals surface area (Å²) in [6.07, 6.45) is 1.22. The van der Waals surface area contributed by atoms with Gasteiger partial charge in [0.1, 0.15) is 17.1 Å². The summed E-state index contributed by atoms with van der Waals surface area (Å²) >= 11 is 6.07. The number of barbiturate groups is 1. The molecule has 10 heteroatoms. The highest BCUT2D eigenvalue weighted by Crippen LogP contribution is 2.28. The van der Waals surface area contributed by atoms with E-state index < -0.39 is 29.6 Å². The number of nitrogens with one attached hydrogen (secondary N) is 1. The van der Waals surface area contributed by atoms with Crippen LogP contribution in [-0.4, -0.2) is 30.4 Å². The van der Waals surface area contributed by atoms with Crippen molar-refractivity contribution >= 4 is 47.1 Å². The lowest BCUT2D eigenvalue weighted by Crippen LogP contribution is -2.54. The summed E-state index contributed by atoms with van der Waals surface area (Å²) in [7, 11) is 0. The molecule has 1 heterocycles. The number of carbonyl (C=O) groups is 4. The van der Waals surface area contributed by atoms with E-state index in [2.05, 4.69) is 0 Å². The van der Waals surface area contributed by atoms with Gasteiger partial charge in [0.25, 0.3) is 17.7 Å². The molecule has 148 valence electrons. The van der Waals surface area contributed by atoms with Gasteiger partial charge in [-0.3, -0.25) is 19.7 Å². The number of nitrogens with zero attached hydrogens (tertiary/aromatic N) is 1. The van der Waals surface area contributed by atoms with Crippen LogP contribution in [0.15, 0.2) is 48.0 Å². The second-order valence-electron chi connectivity index (χ2n) is 5.88. The first kappa shape index (κ1) is 20.0. The maximum absolute atomic E-state index is 13.5. The van der Waals surface area contributed by atoms with Crippen LogP contribution in [0.3, 0.4) is 0 Å². The number of primary amides is 1. The molecule has 1 aliphatic heterocycles. The van der Waals surface area contributed by atoms with Crippen molar-refractivity contribution in [3.8, 4) is 5.75 Å². The van der Waals surface area contributed by atoms with Crippen LogP contribution in [0.2, 0.25) is 5.02 Å². The molecular weight excluding hydrogens is 405 g/mol. The Balaban J connectivity index is 1.92. The van der Waals surface area contributed by atoms with Gasteiger partial charge in [0.05, 0.1) is 10.7 Å². The second kappa shape index (κ2) is 8.11. The average molecular weight is 418 g/mol. The smallest absolute Gasteiger partial charge is 0.335 e. The van der Waals surface area contributed by atoms with Crippen LogP contribution < -0.4 is 20.7 Å². The largest absolute Gasteiger partial charge is 0.482 e. The van der Waals surface area contributed by atoms with E-state index in [1.807, 2.05) is 5.32 Å². The summed E-state index contributed by atoms with van der Waals surface area (Å²) < 4.78 is 18.6. The van der Waals surface area contributed by atoms with Crippen molar-refractivity contribution in [2.45, 2.75) is 0 Å². The number of nitrogens with two attached hydrogens (primary N) is 1. The normalized spacial score (nSPS) is 15.4. The maximum Gasteiger partial charge on any atom is 0.335 e. The number of rotatable bonds is 5. The van der Waals surface area contributed by atoms with E-state index in [0.29, 0.717) is 10.5 Å². The Morgan fingerprint density at radius 1 is 1.21 bits per heavy atom. The second-order valence-corrected chi connectivity index (χ2v) is 6.29. The Kier molecular flexibility index (Phi) is 5.60. The Labute approximate surface area is 168 Å². The number of hydrogen-bond acceptors (Lipinski definition) is 5. The number of hydrogen-bond donors (Lipinski definition) is 2. The van der Waals surface area contributed by atoms with Crippen LogP contribution in [0, 0.1) is 5.82 Å². The highest BCUT2D eigenvalue weighted by Gasteiger charge is 2.36. The molecule has 0 aromatic heterocycles. The van der Waals surface area contributed by atoms with Crippen LogP contribution in [0.25, 0.3) is 6.08 Å². The highest BCUT2D eigenvalue weighted by atomic mass is 35.5. The van der Waals surface area contributed by atoms with Gasteiger partial charge in [-0.25, -0.2) is 14.1 Å². The zero-order chi connectivity index (χ0) is 21.1. The van der Waals surface area contributed by atoms with Crippen molar-refractivity contribution in [3.63, 3.8) is 0 Å². The van der Waals surface area contributed by atoms with Crippen molar-refractivity contribution in [3.05, 3.63) is 64.4 Å². The molecule has 0 spiro atoms. The number of carbonyl (C=O) groups excluding carboxylic acids is 4. The monoisotopic (exact) mass is 417 g/mol. The third-order valence-corrected chi connectivity index (χ3v) is 4.10. The lowest BCUT2D eigenvalue weighted by atomic mass is 10.1. The average Bonchev–Trinajstić information content (AvgIpc) is 2.64. The third-order valence-electron chi connectivity index (χ3n) is 3.80. The molecule has 2 aromatic rings. The Morgan fingerprint density at radius 2 is 1.97 bits per heavy atom. The molecule has 1 fully saturated rings. The molecule has 2 aromatic carbocycles. The van der Waals surface area contributed by atoms with E-state index in [1.54, 1.807) is 0 Å². The number of imide groups is 2. The number of ether oxygens (including phenoxy) is 1. The molecule has 29 heavy (non-hydrogen) atoms. The van der Waals surface area contributed by atoms with E-state index in [9.17, 15) is 23.6 Å². The summed E-state index contributed by atoms with van der Waals surface area (Å²) in [4.78, 5) is 48.4. The van der Waals surface area contributed by atoms with Gasteiger partial charge >= 0.3 is 6.03 Å². The van der Waals surface area contributed by atoms with Crippen molar-refractivity contribution < 1.29 is 28.3 Å². The maximum atomic E-state index is 13.5. The molecule has 1 aliphatic rings. The molecule has 5 amide bonds. The van der Waals surface area contributed by atoms with E-state index in [1.165, 1.54) is 36.4 Å². The Morgan fingerprint density at radius 3 is 2.62 bits per heavy atom. The topological polar surface area (TPSA) is 119 Å². The number of halogens is 2. The fourth-order valence-electron chi connectivity index (χ4n) is 2.55. The van der Waals surface area contributed by atoms with Crippen molar-refractivity contribution in [2.75, 3.05) is 11.5 Å². The Bertz CT molecular complexity index is 1070. The quantitative estimate of drug-likeness (QED) is 0.569. The first-order chi connectivity index (χ1) is 13.8. The fourth-order valence-corrected chi connectivity index (χ4v) is 2.79. The molecule has 0 unspecified atom stereocenters. The molecular formula is C19H13ClFN3O5. The first-order valence-corrected chi connectivity index (χ1v) is 8.52. The van der Waals surface area contributed by atoms with Crippen molar-refractivity contribution in [1.29, 1.82) is 0 Å². The molecule has 0 bridgehead atoms. The highest BCUT2D eigenvalue weighted by molar-refractivity contribution is 6.39. The van der Waals surface area contributed by atoms with Gasteiger partial charge in [-0.1, -0.05) is 23.7 Å². The minimum Gasteiger partial charge on any atom is -0.482 e. The first-order valence-electron chi connectivity index (χ1n) is 8.14. The Hall–Kier alpha value is -3.72. The summed E-state index contributed by atoms with van der Waals surface area (Å²) in [5, 5.41) is 2.15. The molecule has 8 nitrogen and oxygen atoms in total. The molecule has 3 N–H and O–H groups in total. The van der Waals surface area contributed by atoms with E-state index in [-0.39, 0.29) is 28.6 Å². The molecule has 0 radical (unpaired) electrons. The van der Waals surface area contributed by atoms with Gasteiger partial charge in [-0.15, -0.1) is 0 Å². The zero-order valence-electron chi connectivity index (χ0n) is 14.6. The predicted octanol–water partition coefficient (Wildman–Crippen LogP) is 2.01. The number of urea groups is 1. The van der Waals surface area contributed by atoms with Gasteiger partial charge in [0.2, 0.25) is 0 Å². The lowest BCUT2D eigenvalue weighted by Gasteiger charge is -2.26. The van der Waals surface area contributed by atoms with Crippen LogP contribution >= 0.6 is 11.6 Å². The van der Waals surface area contributed by atoms with Gasteiger partial charge in [0.15, 0.2) is 6.61 Å². The number of anilines is 1. The fraction of sp³-hybridized carbons (Fsp3) is 0.0526. The summed E-state index contributed by atoms with van der Waals surface area (Å²) in [5.74, 6) is -2.97. The van der Waals surface area contributed by atoms with Crippen LogP contribution in [0.4, 0.5) is 14.9 Å². The van der Waals surface area contributed by atoms with Crippen LogP contribution in [0.5, 0.6) is 5.75 Å². The summed E-state index contributed by atoms with van der Waals surface area (Å²) in [6.45, 7) is -0.369. The van der Waals surface area contributed by atoms with E-state index in [4.69, 9.17) is 22.1 Å².